The van der Waals surface area contributed by atoms with Gasteiger partial charge in [0.2, 0.25) is 5.75 Å². The van der Waals surface area contributed by atoms with Crippen molar-refractivity contribution in [3.63, 3.8) is 0 Å². The summed E-state index contributed by atoms with van der Waals surface area (Å²) in [5, 5.41) is 11.7. The first-order chi connectivity index (χ1) is 14.1. The van der Waals surface area contributed by atoms with Gasteiger partial charge in [-0.05, 0) is 36.6 Å². The molecule has 2 aliphatic rings. The smallest absolute Gasteiger partial charge is 0.203 e. The van der Waals surface area contributed by atoms with E-state index in [0.29, 0.717) is 17.2 Å². The number of nitrogens with zero attached hydrogens (tertiary/aromatic N) is 2. The zero-order chi connectivity index (χ0) is 20.4. The van der Waals surface area contributed by atoms with Crippen LogP contribution in [0.25, 0.3) is 0 Å². The fraction of sp³-hybridized carbons (Fsp3) is 0.522. The highest BCUT2D eigenvalue weighted by Gasteiger charge is 2.51. The number of aliphatic hydroxyl groups is 1. The number of hydrogen-bond donors (Lipinski definition) is 1. The van der Waals surface area contributed by atoms with Gasteiger partial charge in [0.25, 0.3) is 0 Å². The normalized spacial score (nSPS) is 26.8. The van der Waals surface area contributed by atoms with Gasteiger partial charge in [0.05, 0.1) is 26.9 Å². The zero-order valence-electron chi connectivity index (χ0n) is 17.4. The maximum absolute atomic E-state index is 11.7. The molecule has 0 spiro atoms. The van der Waals surface area contributed by atoms with Crippen LogP contribution in [0, 0.1) is 11.8 Å². The number of piperidine rings is 1. The van der Waals surface area contributed by atoms with Crippen LogP contribution in [0.1, 0.15) is 30.4 Å². The van der Waals surface area contributed by atoms with E-state index in [0.717, 1.165) is 43.6 Å². The number of aromatic nitrogens is 1. The number of pyridine rings is 1. The summed E-state index contributed by atoms with van der Waals surface area (Å²) in [5.74, 6) is 2.37. The van der Waals surface area contributed by atoms with E-state index >= 15 is 0 Å². The summed E-state index contributed by atoms with van der Waals surface area (Å²) < 4.78 is 16.4. The van der Waals surface area contributed by atoms with E-state index in [1.807, 2.05) is 30.5 Å². The quantitative estimate of drug-likeness (QED) is 0.806. The second-order valence-electron chi connectivity index (χ2n) is 8.12. The van der Waals surface area contributed by atoms with Crippen molar-refractivity contribution in [2.24, 2.45) is 11.8 Å². The second-order valence-corrected chi connectivity index (χ2v) is 8.12. The molecule has 2 heterocycles. The number of fused-ring (bicyclic) bond motifs is 2. The van der Waals surface area contributed by atoms with Crippen LogP contribution >= 0.6 is 0 Å². The van der Waals surface area contributed by atoms with Crippen LogP contribution < -0.4 is 14.2 Å². The van der Waals surface area contributed by atoms with Crippen LogP contribution in [0.5, 0.6) is 17.2 Å². The summed E-state index contributed by atoms with van der Waals surface area (Å²) in [5.41, 5.74) is 1.30. The molecule has 1 aromatic heterocycles. The van der Waals surface area contributed by atoms with Gasteiger partial charge >= 0.3 is 0 Å². The molecule has 3 atom stereocenters. The Morgan fingerprint density at radius 1 is 1.07 bits per heavy atom. The molecule has 1 aromatic carbocycles. The standard InChI is InChI=1S/C23H30N2O4/c1-27-20-10-16(11-21(28-2)22(20)29-3)13-25-14-18-6-4-7-19(15-25)23(18,26)17-8-5-9-24-12-17/h5,8-12,18-19,26H,4,6-7,13-15H2,1-3H3/t18-,19+,23?. The lowest BCUT2D eigenvalue weighted by Gasteiger charge is -2.53. The van der Waals surface area contributed by atoms with Crippen molar-refractivity contribution in [3.05, 3.63) is 47.8 Å². The van der Waals surface area contributed by atoms with E-state index in [1.54, 1.807) is 27.5 Å². The Kier molecular flexibility index (Phi) is 5.65. The lowest BCUT2D eigenvalue weighted by Crippen LogP contribution is -2.57. The van der Waals surface area contributed by atoms with Gasteiger partial charge in [-0.15, -0.1) is 0 Å². The van der Waals surface area contributed by atoms with Gasteiger partial charge in [-0.3, -0.25) is 9.88 Å². The molecule has 1 unspecified atom stereocenters. The summed E-state index contributed by atoms with van der Waals surface area (Å²) >= 11 is 0. The van der Waals surface area contributed by atoms with Gasteiger partial charge < -0.3 is 19.3 Å². The van der Waals surface area contributed by atoms with Crippen LogP contribution in [0.4, 0.5) is 0 Å². The highest BCUT2D eigenvalue weighted by atomic mass is 16.5. The summed E-state index contributed by atoms with van der Waals surface area (Å²) in [6.07, 6.45) is 6.85. The van der Waals surface area contributed by atoms with E-state index in [9.17, 15) is 5.11 Å². The van der Waals surface area contributed by atoms with E-state index in [2.05, 4.69) is 9.88 Å². The maximum Gasteiger partial charge on any atom is 0.203 e. The average Bonchev–Trinajstić information content (AvgIpc) is 2.74. The molecule has 1 aliphatic heterocycles. The van der Waals surface area contributed by atoms with Gasteiger partial charge in [-0.2, -0.15) is 0 Å². The minimum atomic E-state index is -0.779. The van der Waals surface area contributed by atoms with Crippen LogP contribution in [0.3, 0.4) is 0 Å². The number of rotatable bonds is 6. The van der Waals surface area contributed by atoms with E-state index in [-0.39, 0.29) is 11.8 Å². The average molecular weight is 399 g/mol. The van der Waals surface area contributed by atoms with Gasteiger partial charge in [0, 0.05) is 49.4 Å². The molecule has 0 amide bonds. The summed E-state index contributed by atoms with van der Waals surface area (Å²) in [4.78, 5) is 6.70. The third-order valence-corrected chi connectivity index (χ3v) is 6.56. The minimum absolute atomic E-state index is 0.209. The fourth-order valence-electron chi connectivity index (χ4n) is 5.23. The molecule has 6 heteroatoms. The molecule has 2 aromatic rings. The van der Waals surface area contributed by atoms with E-state index in [1.165, 1.54) is 6.42 Å². The molecular weight excluding hydrogens is 368 g/mol. The molecule has 0 radical (unpaired) electrons. The first kappa shape index (κ1) is 20.0. The number of likely N-dealkylation sites (tertiary alicyclic amines) is 1. The van der Waals surface area contributed by atoms with Crippen molar-refractivity contribution in [1.29, 1.82) is 0 Å². The van der Waals surface area contributed by atoms with Crippen molar-refractivity contribution in [1.82, 2.24) is 9.88 Å². The van der Waals surface area contributed by atoms with Crippen molar-refractivity contribution in [2.45, 2.75) is 31.4 Å². The van der Waals surface area contributed by atoms with Gasteiger partial charge in [0.15, 0.2) is 11.5 Å². The maximum atomic E-state index is 11.7. The molecule has 29 heavy (non-hydrogen) atoms. The van der Waals surface area contributed by atoms with Crippen molar-refractivity contribution in [3.8, 4) is 17.2 Å². The number of hydrogen-bond acceptors (Lipinski definition) is 6. The first-order valence-electron chi connectivity index (χ1n) is 10.2. The third-order valence-electron chi connectivity index (χ3n) is 6.56. The third kappa shape index (κ3) is 3.55. The number of methoxy groups -OCH3 is 3. The first-order valence-corrected chi connectivity index (χ1v) is 10.2. The number of benzene rings is 1. The topological polar surface area (TPSA) is 64.1 Å². The van der Waals surface area contributed by atoms with Crippen LogP contribution in [0.2, 0.25) is 0 Å². The Labute approximate surface area is 172 Å². The van der Waals surface area contributed by atoms with E-state index in [4.69, 9.17) is 14.2 Å². The molecule has 4 rings (SSSR count). The molecule has 156 valence electrons. The summed E-state index contributed by atoms with van der Waals surface area (Å²) in [6, 6.07) is 7.97. The van der Waals surface area contributed by atoms with Crippen molar-refractivity contribution in [2.75, 3.05) is 34.4 Å². The Balaban J connectivity index is 1.57. The predicted molar refractivity (Wildman–Crippen MR) is 110 cm³/mol. The molecule has 2 bridgehead atoms. The molecule has 1 saturated carbocycles. The Morgan fingerprint density at radius 2 is 1.72 bits per heavy atom. The van der Waals surface area contributed by atoms with Gasteiger partial charge in [-0.25, -0.2) is 0 Å². The molecule has 6 nitrogen and oxygen atoms in total. The fourth-order valence-corrected chi connectivity index (χ4v) is 5.23. The van der Waals surface area contributed by atoms with Gasteiger partial charge in [0.1, 0.15) is 0 Å². The van der Waals surface area contributed by atoms with Gasteiger partial charge in [-0.1, -0.05) is 12.5 Å². The van der Waals surface area contributed by atoms with Crippen LogP contribution in [-0.2, 0) is 12.1 Å². The van der Waals surface area contributed by atoms with Crippen molar-refractivity contribution < 1.29 is 19.3 Å². The number of ether oxygens (including phenoxy) is 3. The highest BCUT2D eigenvalue weighted by molar-refractivity contribution is 5.53. The zero-order valence-corrected chi connectivity index (χ0v) is 17.4. The Bertz CT molecular complexity index is 803. The molecule has 2 fully saturated rings. The monoisotopic (exact) mass is 398 g/mol. The summed E-state index contributed by atoms with van der Waals surface area (Å²) in [6.45, 7) is 2.50. The van der Waals surface area contributed by atoms with E-state index < -0.39 is 5.60 Å². The van der Waals surface area contributed by atoms with Crippen LogP contribution in [0.15, 0.2) is 36.7 Å². The minimum Gasteiger partial charge on any atom is -0.493 e. The summed E-state index contributed by atoms with van der Waals surface area (Å²) in [7, 11) is 4.89. The molecule has 1 saturated heterocycles. The Morgan fingerprint density at radius 3 is 2.24 bits per heavy atom. The molecule has 1 N–H and O–H groups in total. The lowest BCUT2D eigenvalue weighted by molar-refractivity contribution is -0.148. The lowest BCUT2D eigenvalue weighted by atomic mass is 9.63. The largest absolute Gasteiger partial charge is 0.493 e. The Hall–Kier alpha value is -2.31. The predicted octanol–water partition coefficient (Wildman–Crippen LogP) is 3.23. The molecule has 1 aliphatic carbocycles. The molecular formula is C23H30N2O4. The van der Waals surface area contributed by atoms with Crippen molar-refractivity contribution >= 4 is 0 Å². The highest BCUT2D eigenvalue weighted by Crippen LogP contribution is 2.49. The SMILES string of the molecule is COc1cc(CN2C[C@H]3CCC[C@@H](C2)C3(O)c2cccnc2)cc(OC)c1OC. The van der Waals surface area contributed by atoms with Crippen LogP contribution in [-0.4, -0.2) is 49.4 Å². The second kappa shape index (κ2) is 8.20.